The largest absolute Gasteiger partial charge is 0.462 e. The molecule has 0 saturated heterocycles. The van der Waals surface area contributed by atoms with Gasteiger partial charge in [0.15, 0.2) is 5.16 Å². The van der Waals surface area contributed by atoms with E-state index in [4.69, 9.17) is 9.15 Å². The molecule has 0 unspecified atom stereocenters. The van der Waals surface area contributed by atoms with Gasteiger partial charge in [0.25, 0.3) is 0 Å². The van der Waals surface area contributed by atoms with Crippen LogP contribution in [0.3, 0.4) is 0 Å². The minimum atomic E-state index is -0.373. The highest BCUT2D eigenvalue weighted by atomic mass is 32.2. The zero-order chi connectivity index (χ0) is 18.6. The van der Waals surface area contributed by atoms with E-state index in [1.165, 1.54) is 11.8 Å². The van der Waals surface area contributed by atoms with Gasteiger partial charge in [0.2, 0.25) is 0 Å². The number of furan rings is 1. The van der Waals surface area contributed by atoms with Crippen LogP contribution in [0.15, 0.2) is 70.5 Å². The molecule has 0 atom stereocenters. The maximum atomic E-state index is 12.5. The number of aromatic nitrogens is 3. The van der Waals surface area contributed by atoms with Crippen molar-refractivity contribution < 1.29 is 13.9 Å². The molecule has 7 heteroatoms. The van der Waals surface area contributed by atoms with E-state index in [9.17, 15) is 4.79 Å². The number of ether oxygens (including phenoxy) is 1. The minimum absolute atomic E-state index is 0.313. The first-order valence-corrected chi connectivity index (χ1v) is 9.52. The minimum Gasteiger partial charge on any atom is -0.462 e. The Labute approximate surface area is 160 Å². The van der Waals surface area contributed by atoms with Gasteiger partial charge in [-0.2, -0.15) is 0 Å². The third-order valence-electron chi connectivity index (χ3n) is 4.03. The van der Waals surface area contributed by atoms with Crippen LogP contribution in [0.5, 0.6) is 0 Å². The molecule has 2 aromatic heterocycles. The summed E-state index contributed by atoms with van der Waals surface area (Å²) in [5.74, 6) is 0.638. The van der Waals surface area contributed by atoms with Crippen molar-refractivity contribution in [2.75, 3.05) is 6.61 Å². The monoisotopic (exact) mass is 379 g/mol. The highest BCUT2D eigenvalue weighted by Gasteiger charge is 2.22. The molecule has 136 valence electrons. The van der Waals surface area contributed by atoms with E-state index in [0.717, 1.165) is 16.2 Å². The Bertz CT molecular complexity index is 1070. The van der Waals surface area contributed by atoms with Crippen LogP contribution >= 0.6 is 11.8 Å². The van der Waals surface area contributed by atoms with E-state index in [0.29, 0.717) is 29.3 Å². The maximum absolute atomic E-state index is 12.5. The zero-order valence-electron chi connectivity index (χ0n) is 14.7. The first-order chi connectivity index (χ1) is 13.3. The lowest BCUT2D eigenvalue weighted by molar-refractivity contribution is 0.0526. The van der Waals surface area contributed by atoms with Gasteiger partial charge in [-0.05, 0) is 25.1 Å². The Morgan fingerprint density at radius 1 is 1.15 bits per heavy atom. The lowest BCUT2D eigenvalue weighted by Gasteiger charge is -2.06. The summed E-state index contributed by atoms with van der Waals surface area (Å²) in [5, 5.41) is 9.68. The third kappa shape index (κ3) is 3.46. The summed E-state index contributed by atoms with van der Waals surface area (Å²) in [7, 11) is 0. The van der Waals surface area contributed by atoms with Gasteiger partial charge in [0, 0.05) is 11.1 Å². The Morgan fingerprint density at radius 3 is 2.74 bits per heavy atom. The van der Waals surface area contributed by atoms with Gasteiger partial charge in [-0.25, -0.2) is 4.79 Å². The Hall–Kier alpha value is -3.06. The molecule has 2 aromatic carbocycles. The normalized spacial score (nSPS) is 11.0. The van der Waals surface area contributed by atoms with Crippen LogP contribution in [-0.2, 0) is 10.5 Å². The molecule has 4 rings (SSSR count). The number of thioether (sulfide) groups is 1. The number of hydrogen-bond acceptors (Lipinski definition) is 6. The van der Waals surface area contributed by atoms with E-state index < -0.39 is 0 Å². The van der Waals surface area contributed by atoms with Crippen molar-refractivity contribution in [3.05, 3.63) is 72.2 Å². The summed E-state index contributed by atoms with van der Waals surface area (Å²) < 4.78 is 13.1. The summed E-state index contributed by atoms with van der Waals surface area (Å²) >= 11 is 1.45. The van der Waals surface area contributed by atoms with E-state index in [1.54, 1.807) is 13.3 Å². The predicted molar refractivity (Wildman–Crippen MR) is 103 cm³/mol. The summed E-state index contributed by atoms with van der Waals surface area (Å²) in [4.78, 5) is 12.5. The van der Waals surface area contributed by atoms with Gasteiger partial charge in [-0.1, -0.05) is 48.2 Å². The van der Waals surface area contributed by atoms with E-state index >= 15 is 0 Å². The number of nitrogens with zero attached hydrogens (tertiary/aromatic N) is 3. The molecule has 0 aliphatic carbocycles. The van der Waals surface area contributed by atoms with Crippen molar-refractivity contribution in [3.8, 4) is 5.69 Å². The molecule has 6 nitrogen and oxygen atoms in total. The van der Waals surface area contributed by atoms with Gasteiger partial charge >= 0.3 is 5.97 Å². The second kappa shape index (κ2) is 7.67. The second-order valence-corrected chi connectivity index (χ2v) is 6.67. The molecular formula is C20H17N3O3S. The van der Waals surface area contributed by atoms with Crippen LogP contribution < -0.4 is 0 Å². The smallest absolute Gasteiger partial charge is 0.342 e. The molecule has 0 radical (unpaired) electrons. The lowest BCUT2D eigenvalue weighted by Crippen LogP contribution is -2.06. The summed E-state index contributed by atoms with van der Waals surface area (Å²) in [6.07, 6.45) is 1.67. The van der Waals surface area contributed by atoms with Gasteiger partial charge in [0.05, 0.1) is 12.4 Å². The van der Waals surface area contributed by atoms with Crippen LogP contribution in [0.25, 0.3) is 16.7 Å². The fraction of sp³-hybridized carbons (Fsp3) is 0.150. The Morgan fingerprint density at radius 2 is 1.93 bits per heavy atom. The van der Waals surface area contributed by atoms with Crippen molar-refractivity contribution in [2.45, 2.75) is 17.8 Å². The molecular weight excluding hydrogens is 362 g/mol. The van der Waals surface area contributed by atoms with Gasteiger partial charge in [-0.15, -0.1) is 10.2 Å². The number of esters is 1. The number of fused-ring (bicyclic) bond motifs is 1. The van der Waals surface area contributed by atoms with E-state index in [-0.39, 0.29) is 5.97 Å². The topological polar surface area (TPSA) is 70.2 Å². The van der Waals surface area contributed by atoms with Crippen molar-refractivity contribution in [2.24, 2.45) is 0 Å². The molecule has 0 N–H and O–H groups in total. The molecule has 0 aliphatic rings. The molecule has 2 heterocycles. The van der Waals surface area contributed by atoms with Crippen molar-refractivity contribution in [1.29, 1.82) is 0 Å². The van der Waals surface area contributed by atoms with Gasteiger partial charge in [-0.3, -0.25) is 4.57 Å². The van der Waals surface area contributed by atoms with Crippen molar-refractivity contribution in [3.63, 3.8) is 0 Å². The van der Waals surface area contributed by atoms with Crippen LogP contribution in [0.2, 0.25) is 0 Å². The molecule has 0 amide bonds. The number of hydrogen-bond donors (Lipinski definition) is 0. The number of benzene rings is 2. The average Bonchev–Trinajstić information content (AvgIpc) is 3.31. The maximum Gasteiger partial charge on any atom is 0.342 e. The fourth-order valence-electron chi connectivity index (χ4n) is 2.84. The summed E-state index contributed by atoms with van der Waals surface area (Å²) in [5.41, 5.74) is 2.12. The highest BCUT2D eigenvalue weighted by Crippen LogP contribution is 2.31. The van der Waals surface area contributed by atoms with Crippen molar-refractivity contribution in [1.82, 2.24) is 14.8 Å². The lowest BCUT2D eigenvalue weighted by atomic mass is 10.1. The quantitative estimate of drug-likeness (QED) is 0.363. The summed E-state index contributed by atoms with van der Waals surface area (Å²) in [6.45, 7) is 2.10. The molecule has 0 bridgehead atoms. The van der Waals surface area contributed by atoms with E-state index in [1.807, 2.05) is 59.2 Å². The second-order valence-electron chi connectivity index (χ2n) is 5.72. The number of carbonyl (C=O) groups is 1. The van der Waals surface area contributed by atoms with Crippen LogP contribution in [-0.4, -0.2) is 27.3 Å². The van der Waals surface area contributed by atoms with Gasteiger partial charge < -0.3 is 9.15 Å². The third-order valence-corrected chi connectivity index (χ3v) is 4.97. The predicted octanol–water partition coefficient (Wildman–Crippen LogP) is 4.48. The van der Waals surface area contributed by atoms with Crippen LogP contribution in [0, 0.1) is 0 Å². The summed E-state index contributed by atoms with van der Waals surface area (Å²) in [6, 6.07) is 17.3. The first kappa shape index (κ1) is 17.4. The zero-order valence-corrected chi connectivity index (χ0v) is 15.5. The van der Waals surface area contributed by atoms with Crippen LogP contribution in [0.4, 0.5) is 0 Å². The van der Waals surface area contributed by atoms with Crippen LogP contribution in [0.1, 0.15) is 23.0 Å². The number of rotatable bonds is 6. The molecule has 4 aromatic rings. The Kier molecular flexibility index (Phi) is 4.93. The molecule has 0 saturated carbocycles. The Balaban J connectivity index is 1.65. The van der Waals surface area contributed by atoms with Crippen molar-refractivity contribution >= 4 is 28.7 Å². The molecule has 27 heavy (non-hydrogen) atoms. The number of carbonyl (C=O) groups excluding carboxylic acids is 1. The fourth-order valence-corrected chi connectivity index (χ4v) is 3.70. The standard InChI is InChI=1S/C20H17N3O3S/c1-2-25-19(24)18-15-10-6-7-11-16(15)26-17(18)12-27-20-22-21-13-23(20)14-8-4-3-5-9-14/h3-11,13H,2,12H2,1H3. The van der Waals surface area contributed by atoms with Gasteiger partial charge in [0.1, 0.15) is 23.2 Å². The molecule has 0 aliphatic heterocycles. The SMILES string of the molecule is CCOC(=O)c1c(CSc2nncn2-c2ccccc2)oc2ccccc12. The average molecular weight is 379 g/mol. The number of para-hydroxylation sites is 2. The first-order valence-electron chi connectivity index (χ1n) is 8.53. The highest BCUT2D eigenvalue weighted by molar-refractivity contribution is 7.98. The van der Waals surface area contributed by atoms with E-state index in [2.05, 4.69) is 10.2 Å². The molecule has 0 fully saturated rings. The molecule has 0 spiro atoms.